The Bertz CT molecular complexity index is 460. The number of thioether (sulfide) groups is 1. The van der Waals surface area contributed by atoms with Crippen LogP contribution >= 0.6 is 27.7 Å². The fourth-order valence-corrected chi connectivity index (χ4v) is 2.68. The third-order valence-electron chi connectivity index (χ3n) is 2.24. The Hall–Kier alpha value is -0.720. The molecule has 0 aliphatic rings. The smallest absolute Gasteiger partial charge is 0.185 e. The molecule has 0 atom stereocenters. The fraction of sp³-hybridized carbons (Fsp3) is 0.357. The van der Waals surface area contributed by atoms with Gasteiger partial charge in [0.05, 0.1) is 0 Å². The second kappa shape index (κ2) is 6.88. The van der Waals surface area contributed by atoms with Crippen LogP contribution in [0.3, 0.4) is 0 Å². The molecular formula is C14H15BrOS. The zero-order valence-electron chi connectivity index (χ0n) is 10.3. The number of hydrogen-bond donors (Lipinski definition) is 0. The van der Waals surface area contributed by atoms with E-state index in [-0.39, 0.29) is 5.12 Å². The first-order valence-corrected chi connectivity index (χ1v) is 7.17. The van der Waals surface area contributed by atoms with Gasteiger partial charge in [-0.25, -0.2) is 0 Å². The molecule has 1 aromatic carbocycles. The molecule has 0 saturated carbocycles. The topological polar surface area (TPSA) is 17.1 Å². The van der Waals surface area contributed by atoms with Crippen LogP contribution in [-0.2, 0) is 4.79 Å². The summed E-state index contributed by atoms with van der Waals surface area (Å²) in [7, 11) is 0. The van der Waals surface area contributed by atoms with Crippen molar-refractivity contribution in [2.24, 2.45) is 0 Å². The Morgan fingerprint density at radius 3 is 2.47 bits per heavy atom. The van der Waals surface area contributed by atoms with Gasteiger partial charge >= 0.3 is 0 Å². The maximum absolute atomic E-state index is 10.7. The van der Waals surface area contributed by atoms with Crippen molar-refractivity contribution in [1.29, 1.82) is 0 Å². The summed E-state index contributed by atoms with van der Waals surface area (Å²) in [6, 6.07) is 4.14. The zero-order valence-corrected chi connectivity index (χ0v) is 12.7. The van der Waals surface area contributed by atoms with Gasteiger partial charge in [-0.15, -0.1) is 0 Å². The minimum absolute atomic E-state index is 0.155. The monoisotopic (exact) mass is 310 g/mol. The molecule has 0 amide bonds. The average Bonchev–Trinajstić information content (AvgIpc) is 2.20. The first-order valence-electron chi connectivity index (χ1n) is 5.39. The third-order valence-corrected chi connectivity index (χ3v) is 3.52. The van der Waals surface area contributed by atoms with Crippen molar-refractivity contribution in [2.45, 2.75) is 27.2 Å². The molecule has 1 nitrogen and oxygen atoms in total. The summed E-state index contributed by atoms with van der Waals surface area (Å²) in [5, 5.41) is 0.155. The Labute approximate surface area is 116 Å². The normalized spacial score (nSPS) is 9.65. The van der Waals surface area contributed by atoms with Gasteiger partial charge in [0, 0.05) is 29.1 Å². The minimum atomic E-state index is 0.155. The predicted octanol–water partition coefficient (Wildman–Crippen LogP) is 4.09. The maximum atomic E-state index is 10.7. The molecule has 0 spiro atoms. The molecule has 3 heteroatoms. The summed E-state index contributed by atoms with van der Waals surface area (Å²) in [6.45, 7) is 5.71. The van der Waals surface area contributed by atoms with Crippen LogP contribution in [0.15, 0.2) is 16.6 Å². The first-order chi connectivity index (χ1) is 8.00. The largest absolute Gasteiger partial charge is 0.288 e. The zero-order chi connectivity index (χ0) is 12.8. The Morgan fingerprint density at radius 2 is 1.94 bits per heavy atom. The van der Waals surface area contributed by atoms with E-state index < -0.39 is 0 Å². The van der Waals surface area contributed by atoms with Gasteiger partial charge in [0.1, 0.15) is 0 Å². The van der Waals surface area contributed by atoms with E-state index in [1.54, 1.807) is 6.92 Å². The van der Waals surface area contributed by atoms with Crippen molar-refractivity contribution in [2.75, 3.05) is 5.75 Å². The van der Waals surface area contributed by atoms with Crippen LogP contribution < -0.4 is 0 Å². The van der Waals surface area contributed by atoms with E-state index in [9.17, 15) is 4.79 Å². The van der Waals surface area contributed by atoms with Crippen molar-refractivity contribution < 1.29 is 4.79 Å². The van der Waals surface area contributed by atoms with Crippen molar-refractivity contribution in [3.05, 3.63) is 33.3 Å². The van der Waals surface area contributed by atoms with Crippen LogP contribution in [0.5, 0.6) is 0 Å². The highest BCUT2D eigenvalue weighted by molar-refractivity contribution is 9.10. The number of carbonyl (C=O) groups is 1. The van der Waals surface area contributed by atoms with E-state index >= 15 is 0 Å². The van der Waals surface area contributed by atoms with Crippen LogP contribution in [0.1, 0.15) is 30.0 Å². The number of aryl methyl sites for hydroxylation is 2. The maximum Gasteiger partial charge on any atom is 0.185 e. The van der Waals surface area contributed by atoms with Crippen molar-refractivity contribution in [3.63, 3.8) is 0 Å². The van der Waals surface area contributed by atoms with E-state index in [4.69, 9.17) is 0 Å². The van der Waals surface area contributed by atoms with Crippen molar-refractivity contribution in [3.8, 4) is 11.8 Å². The van der Waals surface area contributed by atoms with E-state index in [2.05, 4.69) is 53.8 Å². The summed E-state index contributed by atoms with van der Waals surface area (Å²) < 4.78 is 1.09. The van der Waals surface area contributed by atoms with Crippen LogP contribution in [0.2, 0.25) is 0 Å². The van der Waals surface area contributed by atoms with Crippen LogP contribution in [-0.4, -0.2) is 10.9 Å². The van der Waals surface area contributed by atoms with Gasteiger partial charge in [0.15, 0.2) is 5.12 Å². The first kappa shape index (κ1) is 14.3. The highest BCUT2D eigenvalue weighted by atomic mass is 79.9. The molecule has 0 bridgehead atoms. The standard InChI is InChI=1S/C14H15BrOS/c1-10-8-13(15)9-11(2)14(10)6-4-5-7-17-12(3)16/h8-9H,5,7H2,1-3H3. The lowest BCUT2D eigenvalue weighted by Crippen LogP contribution is -1.88. The lowest BCUT2D eigenvalue weighted by Gasteiger charge is -2.03. The molecular weight excluding hydrogens is 296 g/mol. The SMILES string of the molecule is CC(=O)SCCC#Cc1c(C)cc(Br)cc1C. The molecule has 1 rings (SSSR count). The Morgan fingerprint density at radius 1 is 1.35 bits per heavy atom. The van der Waals surface area contributed by atoms with Crippen LogP contribution in [0, 0.1) is 25.7 Å². The van der Waals surface area contributed by atoms with E-state index in [1.807, 2.05) is 0 Å². The number of halogens is 1. The third kappa shape index (κ3) is 4.97. The van der Waals surface area contributed by atoms with Crippen molar-refractivity contribution in [1.82, 2.24) is 0 Å². The molecule has 0 saturated heterocycles. The van der Waals surface area contributed by atoms with E-state index in [0.29, 0.717) is 0 Å². The number of rotatable bonds is 2. The molecule has 0 fully saturated rings. The van der Waals surface area contributed by atoms with Crippen molar-refractivity contribution >= 4 is 32.8 Å². The highest BCUT2D eigenvalue weighted by Gasteiger charge is 2.00. The molecule has 0 unspecified atom stereocenters. The second-order valence-corrected chi connectivity index (χ2v) is 5.99. The Kier molecular flexibility index (Phi) is 5.80. The van der Waals surface area contributed by atoms with Gasteiger partial charge in [0.25, 0.3) is 0 Å². The second-order valence-electron chi connectivity index (χ2n) is 3.81. The Balaban J connectivity index is 2.69. The van der Waals surface area contributed by atoms with E-state index in [1.165, 1.54) is 22.9 Å². The van der Waals surface area contributed by atoms with Gasteiger partial charge in [-0.1, -0.05) is 39.5 Å². The molecule has 0 aromatic heterocycles. The molecule has 90 valence electrons. The summed E-state index contributed by atoms with van der Waals surface area (Å²) in [5.74, 6) is 7.08. The van der Waals surface area contributed by atoms with Gasteiger partial charge < -0.3 is 0 Å². The highest BCUT2D eigenvalue weighted by Crippen LogP contribution is 2.19. The van der Waals surface area contributed by atoms with E-state index in [0.717, 1.165) is 22.2 Å². The minimum Gasteiger partial charge on any atom is -0.288 e. The number of hydrogen-bond acceptors (Lipinski definition) is 2. The summed E-state index contributed by atoms with van der Waals surface area (Å²) >= 11 is 4.80. The molecule has 0 aliphatic carbocycles. The van der Waals surface area contributed by atoms with Crippen LogP contribution in [0.25, 0.3) is 0 Å². The number of carbonyl (C=O) groups excluding carboxylic acids is 1. The molecule has 0 N–H and O–H groups in total. The van der Waals surface area contributed by atoms with Crippen LogP contribution in [0.4, 0.5) is 0 Å². The van der Waals surface area contributed by atoms with Gasteiger partial charge in [-0.3, -0.25) is 4.79 Å². The fourth-order valence-electron chi connectivity index (χ4n) is 1.50. The molecule has 0 aliphatic heterocycles. The molecule has 0 radical (unpaired) electrons. The summed E-state index contributed by atoms with van der Waals surface area (Å²) in [4.78, 5) is 10.7. The number of benzene rings is 1. The quantitative estimate of drug-likeness (QED) is 0.604. The average molecular weight is 311 g/mol. The van der Waals surface area contributed by atoms with Gasteiger partial charge in [0.2, 0.25) is 0 Å². The molecule has 0 heterocycles. The summed E-state index contributed by atoms with van der Waals surface area (Å²) in [5.41, 5.74) is 3.47. The molecule has 1 aromatic rings. The van der Waals surface area contributed by atoms with Gasteiger partial charge in [-0.05, 0) is 37.1 Å². The summed E-state index contributed by atoms with van der Waals surface area (Å²) in [6.07, 6.45) is 0.749. The molecule has 17 heavy (non-hydrogen) atoms. The predicted molar refractivity (Wildman–Crippen MR) is 78.3 cm³/mol. The van der Waals surface area contributed by atoms with Gasteiger partial charge in [-0.2, -0.15) is 0 Å². The lowest BCUT2D eigenvalue weighted by molar-refractivity contribution is -0.109. The lowest BCUT2D eigenvalue weighted by atomic mass is 10.0.